The van der Waals surface area contributed by atoms with Crippen LogP contribution in [0.1, 0.15) is 26.3 Å². The predicted octanol–water partition coefficient (Wildman–Crippen LogP) is 2.41. The lowest BCUT2D eigenvalue weighted by molar-refractivity contribution is 0.195. The van der Waals surface area contributed by atoms with Crippen LogP contribution in [0.4, 0.5) is 0 Å². The van der Waals surface area contributed by atoms with E-state index >= 15 is 0 Å². The topological polar surface area (TPSA) is 38.7 Å². The van der Waals surface area contributed by atoms with Gasteiger partial charge in [0.25, 0.3) is 0 Å². The van der Waals surface area contributed by atoms with E-state index in [0.29, 0.717) is 19.6 Å². The standard InChI is InChI=1S/C13H20O3/c1-4-15-12-7-6-11(8-10(3)14)9-13(12)16-5-2/h6-7,9-10,14H,4-5,8H2,1-3H3/t10-/m1/s1. The van der Waals surface area contributed by atoms with E-state index in [2.05, 4.69) is 0 Å². The molecular formula is C13H20O3. The van der Waals surface area contributed by atoms with Crippen molar-refractivity contribution in [2.24, 2.45) is 0 Å². The van der Waals surface area contributed by atoms with E-state index in [-0.39, 0.29) is 6.10 Å². The Kier molecular flexibility index (Phi) is 5.12. The lowest BCUT2D eigenvalue weighted by Crippen LogP contribution is -2.05. The molecule has 3 nitrogen and oxygen atoms in total. The van der Waals surface area contributed by atoms with Crippen LogP contribution in [0.3, 0.4) is 0 Å². The van der Waals surface area contributed by atoms with Crippen LogP contribution in [0.15, 0.2) is 18.2 Å². The molecule has 0 spiro atoms. The normalized spacial score (nSPS) is 12.2. The minimum Gasteiger partial charge on any atom is -0.490 e. The Labute approximate surface area is 97.0 Å². The van der Waals surface area contributed by atoms with Gasteiger partial charge >= 0.3 is 0 Å². The lowest BCUT2D eigenvalue weighted by Gasteiger charge is -2.13. The van der Waals surface area contributed by atoms with E-state index in [0.717, 1.165) is 17.1 Å². The van der Waals surface area contributed by atoms with Gasteiger partial charge in [-0.25, -0.2) is 0 Å². The van der Waals surface area contributed by atoms with Crippen LogP contribution in [0, 0.1) is 0 Å². The van der Waals surface area contributed by atoms with Crippen molar-refractivity contribution in [2.45, 2.75) is 33.3 Å². The van der Waals surface area contributed by atoms with E-state index in [1.165, 1.54) is 0 Å². The van der Waals surface area contributed by atoms with Crippen LogP contribution in [0.5, 0.6) is 11.5 Å². The fraction of sp³-hybridized carbons (Fsp3) is 0.538. The molecule has 0 saturated carbocycles. The largest absolute Gasteiger partial charge is 0.490 e. The summed E-state index contributed by atoms with van der Waals surface area (Å²) >= 11 is 0. The fourth-order valence-electron chi connectivity index (χ4n) is 1.56. The van der Waals surface area contributed by atoms with Crippen molar-refractivity contribution < 1.29 is 14.6 Å². The molecule has 0 aliphatic heterocycles. The molecule has 1 rings (SSSR count). The van der Waals surface area contributed by atoms with Crippen LogP contribution in [-0.4, -0.2) is 24.4 Å². The highest BCUT2D eigenvalue weighted by molar-refractivity contribution is 5.43. The van der Waals surface area contributed by atoms with Gasteiger partial charge in [0.15, 0.2) is 11.5 Å². The second kappa shape index (κ2) is 6.38. The second-order valence-corrected chi connectivity index (χ2v) is 3.70. The summed E-state index contributed by atoms with van der Waals surface area (Å²) in [5, 5.41) is 9.33. The molecule has 0 heterocycles. The molecule has 0 bridgehead atoms. The minimum absolute atomic E-state index is 0.340. The van der Waals surface area contributed by atoms with Gasteiger partial charge in [0.2, 0.25) is 0 Å². The molecule has 1 N–H and O–H groups in total. The summed E-state index contributed by atoms with van der Waals surface area (Å²) in [6.07, 6.45) is 0.291. The average molecular weight is 224 g/mol. The molecule has 0 aliphatic rings. The van der Waals surface area contributed by atoms with Gasteiger partial charge in [-0.15, -0.1) is 0 Å². The van der Waals surface area contributed by atoms with Gasteiger partial charge in [-0.05, 0) is 44.9 Å². The number of rotatable bonds is 6. The summed E-state index contributed by atoms with van der Waals surface area (Å²) in [4.78, 5) is 0. The van der Waals surface area contributed by atoms with Gasteiger partial charge in [-0.1, -0.05) is 6.07 Å². The third-order valence-corrected chi connectivity index (χ3v) is 2.14. The molecule has 0 fully saturated rings. The van der Waals surface area contributed by atoms with Gasteiger partial charge in [0.05, 0.1) is 19.3 Å². The Balaban J connectivity index is 2.87. The highest BCUT2D eigenvalue weighted by Gasteiger charge is 2.07. The van der Waals surface area contributed by atoms with Crippen LogP contribution in [0.25, 0.3) is 0 Å². The Morgan fingerprint density at radius 3 is 2.31 bits per heavy atom. The SMILES string of the molecule is CCOc1ccc(C[C@@H](C)O)cc1OCC. The van der Waals surface area contributed by atoms with Gasteiger partial charge in [0, 0.05) is 0 Å². The van der Waals surface area contributed by atoms with Crippen molar-refractivity contribution in [1.82, 2.24) is 0 Å². The molecule has 1 atom stereocenters. The van der Waals surface area contributed by atoms with E-state index in [4.69, 9.17) is 9.47 Å². The quantitative estimate of drug-likeness (QED) is 0.806. The summed E-state index contributed by atoms with van der Waals surface area (Å²) in [6, 6.07) is 5.79. The average Bonchev–Trinajstić information content (AvgIpc) is 2.21. The zero-order valence-electron chi connectivity index (χ0n) is 10.2. The molecule has 0 unspecified atom stereocenters. The van der Waals surface area contributed by atoms with Crippen molar-refractivity contribution >= 4 is 0 Å². The first-order valence-electron chi connectivity index (χ1n) is 5.74. The number of aliphatic hydroxyl groups excluding tert-OH is 1. The van der Waals surface area contributed by atoms with Gasteiger partial charge < -0.3 is 14.6 Å². The highest BCUT2D eigenvalue weighted by atomic mass is 16.5. The zero-order chi connectivity index (χ0) is 12.0. The van der Waals surface area contributed by atoms with Crippen LogP contribution in [0.2, 0.25) is 0 Å². The Bertz CT molecular complexity index is 321. The van der Waals surface area contributed by atoms with Crippen LogP contribution >= 0.6 is 0 Å². The molecule has 0 aliphatic carbocycles. The summed E-state index contributed by atoms with van der Waals surface area (Å²) < 4.78 is 11.0. The monoisotopic (exact) mass is 224 g/mol. The Morgan fingerprint density at radius 1 is 1.12 bits per heavy atom. The third kappa shape index (κ3) is 3.74. The highest BCUT2D eigenvalue weighted by Crippen LogP contribution is 2.28. The molecule has 1 aromatic rings. The van der Waals surface area contributed by atoms with Crippen molar-refractivity contribution in [3.63, 3.8) is 0 Å². The number of benzene rings is 1. The van der Waals surface area contributed by atoms with Crippen LogP contribution in [-0.2, 0) is 6.42 Å². The summed E-state index contributed by atoms with van der Waals surface area (Å²) in [5.41, 5.74) is 1.06. The van der Waals surface area contributed by atoms with E-state index < -0.39 is 0 Å². The van der Waals surface area contributed by atoms with E-state index in [1.807, 2.05) is 32.0 Å². The van der Waals surface area contributed by atoms with Gasteiger partial charge in [0.1, 0.15) is 0 Å². The molecule has 0 amide bonds. The maximum absolute atomic E-state index is 9.33. The molecule has 16 heavy (non-hydrogen) atoms. The molecular weight excluding hydrogens is 204 g/mol. The number of ether oxygens (including phenoxy) is 2. The van der Waals surface area contributed by atoms with Crippen molar-refractivity contribution in [3.05, 3.63) is 23.8 Å². The van der Waals surface area contributed by atoms with Gasteiger partial charge in [-0.3, -0.25) is 0 Å². The summed E-state index contributed by atoms with van der Waals surface area (Å²) in [5.74, 6) is 1.51. The Hall–Kier alpha value is -1.22. The third-order valence-electron chi connectivity index (χ3n) is 2.14. The predicted molar refractivity (Wildman–Crippen MR) is 64.2 cm³/mol. The smallest absolute Gasteiger partial charge is 0.161 e. The van der Waals surface area contributed by atoms with Crippen molar-refractivity contribution in [2.75, 3.05) is 13.2 Å². The van der Waals surface area contributed by atoms with Crippen molar-refractivity contribution in [3.8, 4) is 11.5 Å². The zero-order valence-corrected chi connectivity index (χ0v) is 10.2. The van der Waals surface area contributed by atoms with Crippen LogP contribution < -0.4 is 9.47 Å². The van der Waals surface area contributed by atoms with E-state index in [9.17, 15) is 5.11 Å². The van der Waals surface area contributed by atoms with E-state index in [1.54, 1.807) is 6.92 Å². The fourth-order valence-corrected chi connectivity index (χ4v) is 1.56. The number of hydrogen-bond acceptors (Lipinski definition) is 3. The molecule has 0 aromatic heterocycles. The number of hydrogen-bond donors (Lipinski definition) is 1. The first-order valence-corrected chi connectivity index (χ1v) is 5.74. The maximum atomic E-state index is 9.33. The minimum atomic E-state index is -0.340. The summed E-state index contributed by atoms with van der Waals surface area (Å²) in [6.45, 7) is 6.89. The summed E-state index contributed by atoms with van der Waals surface area (Å²) in [7, 11) is 0. The first kappa shape index (κ1) is 12.8. The molecule has 3 heteroatoms. The molecule has 0 saturated heterocycles. The maximum Gasteiger partial charge on any atom is 0.161 e. The molecule has 0 radical (unpaired) electrons. The second-order valence-electron chi connectivity index (χ2n) is 3.70. The first-order chi connectivity index (χ1) is 7.67. The molecule has 90 valence electrons. The number of aliphatic hydroxyl groups is 1. The lowest BCUT2D eigenvalue weighted by atomic mass is 10.1. The Morgan fingerprint density at radius 2 is 1.75 bits per heavy atom. The van der Waals surface area contributed by atoms with Crippen molar-refractivity contribution in [1.29, 1.82) is 0 Å². The van der Waals surface area contributed by atoms with Gasteiger partial charge in [-0.2, -0.15) is 0 Å². The molecule has 1 aromatic carbocycles.